The Morgan fingerprint density at radius 3 is 2.83 bits per heavy atom. The third kappa shape index (κ3) is 2.75. The van der Waals surface area contributed by atoms with E-state index in [4.69, 9.17) is 5.73 Å². The fourth-order valence-corrected chi connectivity index (χ4v) is 3.22. The average Bonchev–Trinajstić information content (AvgIpc) is 2.76. The van der Waals surface area contributed by atoms with Crippen molar-refractivity contribution in [2.45, 2.75) is 57.7 Å². The second-order valence-electron chi connectivity index (χ2n) is 5.55. The van der Waals surface area contributed by atoms with E-state index in [1.807, 2.05) is 17.9 Å². The minimum atomic E-state index is 0.140. The molecule has 0 aromatic carbocycles. The molecule has 1 aromatic heterocycles. The van der Waals surface area contributed by atoms with E-state index in [9.17, 15) is 0 Å². The van der Waals surface area contributed by atoms with Crippen LogP contribution >= 0.6 is 0 Å². The minimum absolute atomic E-state index is 0.140. The van der Waals surface area contributed by atoms with Gasteiger partial charge >= 0.3 is 0 Å². The molecule has 0 aliphatic carbocycles. The molecule has 2 heterocycles. The van der Waals surface area contributed by atoms with Crippen LogP contribution in [0.25, 0.3) is 0 Å². The van der Waals surface area contributed by atoms with Gasteiger partial charge in [-0.3, -0.25) is 9.58 Å². The van der Waals surface area contributed by atoms with Crippen molar-refractivity contribution in [3.8, 4) is 0 Å². The third-order valence-electron chi connectivity index (χ3n) is 4.07. The third-order valence-corrected chi connectivity index (χ3v) is 4.07. The second kappa shape index (κ2) is 5.85. The van der Waals surface area contributed by atoms with Crippen LogP contribution in [0.2, 0.25) is 0 Å². The molecule has 18 heavy (non-hydrogen) atoms. The van der Waals surface area contributed by atoms with Gasteiger partial charge < -0.3 is 5.73 Å². The molecule has 0 amide bonds. The van der Waals surface area contributed by atoms with E-state index in [1.165, 1.54) is 37.8 Å². The summed E-state index contributed by atoms with van der Waals surface area (Å²) in [5.41, 5.74) is 7.50. The number of likely N-dealkylation sites (tertiary alicyclic amines) is 1. The summed E-state index contributed by atoms with van der Waals surface area (Å²) in [4.78, 5) is 2.60. The standard InChI is InChI=1S/C14H26N4/c1-4-13-7-5-6-8-18(13)14(11(2)15)12-9-16-17(3)10-12/h9-11,13-14H,4-8,15H2,1-3H3. The monoisotopic (exact) mass is 250 g/mol. The van der Waals surface area contributed by atoms with Gasteiger partial charge in [0.1, 0.15) is 0 Å². The average molecular weight is 250 g/mol. The summed E-state index contributed by atoms with van der Waals surface area (Å²) in [6, 6.07) is 1.13. The molecule has 0 bridgehead atoms. The predicted octanol–water partition coefficient (Wildman–Crippen LogP) is 2.07. The van der Waals surface area contributed by atoms with Gasteiger partial charge in [0.15, 0.2) is 0 Å². The summed E-state index contributed by atoms with van der Waals surface area (Å²) in [5.74, 6) is 0. The molecule has 1 fully saturated rings. The summed E-state index contributed by atoms with van der Waals surface area (Å²) < 4.78 is 1.87. The molecule has 1 saturated heterocycles. The van der Waals surface area contributed by atoms with Crippen molar-refractivity contribution < 1.29 is 0 Å². The fourth-order valence-electron chi connectivity index (χ4n) is 3.22. The molecule has 3 unspecified atom stereocenters. The van der Waals surface area contributed by atoms with E-state index in [2.05, 4.69) is 30.0 Å². The van der Waals surface area contributed by atoms with Gasteiger partial charge in [0, 0.05) is 30.9 Å². The molecule has 0 radical (unpaired) electrons. The molecule has 4 nitrogen and oxygen atoms in total. The van der Waals surface area contributed by atoms with E-state index >= 15 is 0 Å². The van der Waals surface area contributed by atoms with E-state index in [0.717, 1.165) is 0 Å². The maximum Gasteiger partial charge on any atom is 0.0538 e. The lowest BCUT2D eigenvalue weighted by molar-refractivity contribution is 0.0797. The van der Waals surface area contributed by atoms with Crippen molar-refractivity contribution in [3.63, 3.8) is 0 Å². The number of nitrogens with two attached hydrogens (primary N) is 1. The first-order valence-corrected chi connectivity index (χ1v) is 7.13. The Labute approximate surface area is 110 Å². The van der Waals surface area contributed by atoms with Crippen LogP contribution in [0.15, 0.2) is 12.4 Å². The summed E-state index contributed by atoms with van der Waals surface area (Å²) in [6.45, 7) is 5.56. The summed E-state index contributed by atoms with van der Waals surface area (Å²) >= 11 is 0. The minimum Gasteiger partial charge on any atom is -0.326 e. The molecule has 1 aliphatic heterocycles. The van der Waals surface area contributed by atoms with Crippen LogP contribution in [0.3, 0.4) is 0 Å². The highest BCUT2D eigenvalue weighted by molar-refractivity contribution is 5.14. The molecule has 0 spiro atoms. The van der Waals surface area contributed by atoms with Crippen molar-refractivity contribution in [3.05, 3.63) is 18.0 Å². The SMILES string of the molecule is CCC1CCCCN1C(c1cnn(C)c1)C(C)N. The molecule has 4 heteroatoms. The highest BCUT2D eigenvalue weighted by Crippen LogP contribution is 2.31. The first kappa shape index (κ1) is 13.6. The van der Waals surface area contributed by atoms with Gasteiger partial charge in [-0.15, -0.1) is 0 Å². The smallest absolute Gasteiger partial charge is 0.0538 e. The quantitative estimate of drug-likeness (QED) is 0.890. The molecule has 2 N–H and O–H groups in total. The fraction of sp³-hybridized carbons (Fsp3) is 0.786. The van der Waals surface area contributed by atoms with Crippen molar-refractivity contribution in [1.29, 1.82) is 0 Å². The molecular formula is C14H26N4. The van der Waals surface area contributed by atoms with Crippen molar-refractivity contribution in [2.24, 2.45) is 12.8 Å². The Morgan fingerprint density at radius 2 is 2.28 bits per heavy atom. The van der Waals surface area contributed by atoms with Crippen LogP contribution in [0.4, 0.5) is 0 Å². The molecule has 3 atom stereocenters. The zero-order chi connectivity index (χ0) is 13.1. The Kier molecular flexibility index (Phi) is 4.40. The summed E-state index contributed by atoms with van der Waals surface area (Å²) in [5, 5.41) is 4.30. The predicted molar refractivity (Wildman–Crippen MR) is 74.2 cm³/mol. The first-order chi connectivity index (χ1) is 8.63. The maximum absolute atomic E-state index is 6.25. The first-order valence-electron chi connectivity index (χ1n) is 7.13. The molecule has 1 aromatic rings. The van der Waals surface area contributed by atoms with Crippen molar-refractivity contribution in [1.82, 2.24) is 14.7 Å². The number of rotatable bonds is 4. The number of aromatic nitrogens is 2. The Hall–Kier alpha value is -0.870. The second-order valence-corrected chi connectivity index (χ2v) is 5.55. The summed E-state index contributed by atoms with van der Waals surface area (Å²) in [6.07, 6.45) is 9.24. The van der Waals surface area contributed by atoms with E-state index in [1.54, 1.807) is 0 Å². The number of hydrogen-bond acceptors (Lipinski definition) is 3. The van der Waals surface area contributed by atoms with Gasteiger partial charge in [-0.25, -0.2) is 0 Å². The van der Waals surface area contributed by atoms with E-state index < -0.39 is 0 Å². The highest BCUT2D eigenvalue weighted by atomic mass is 15.3. The topological polar surface area (TPSA) is 47.1 Å². The van der Waals surface area contributed by atoms with Crippen LogP contribution in [0, 0.1) is 0 Å². The van der Waals surface area contributed by atoms with Gasteiger partial charge in [0.25, 0.3) is 0 Å². The Bertz CT molecular complexity index is 372. The van der Waals surface area contributed by atoms with Gasteiger partial charge in [-0.1, -0.05) is 13.3 Å². The highest BCUT2D eigenvalue weighted by Gasteiger charge is 2.31. The van der Waals surface area contributed by atoms with Crippen LogP contribution in [0.5, 0.6) is 0 Å². The normalized spacial score (nSPS) is 25.0. The van der Waals surface area contributed by atoms with E-state index in [0.29, 0.717) is 12.1 Å². The zero-order valence-corrected chi connectivity index (χ0v) is 11.8. The van der Waals surface area contributed by atoms with Gasteiger partial charge in [0.2, 0.25) is 0 Å². The van der Waals surface area contributed by atoms with Gasteiger partial charge in [-0.05, 0) is 32.7 Å². The van der Waals surface area contributed by atoms with Gasteiger partial charge in [-0.2, -0.15) is 5.10 Å². The van der Waals surface area contributed by atoms with Crippen LogP contribution < -0.4 is 5.73 Å². The Morgan fingerprint density at radius 1 is 1.50 bits per heavy atom. The molecular weight excluding hydrogens is 224 g/mol. The summed E-state index contributed by atoms with van der Waals surface area (Å²) in [7, 11) is 1.97. The molecule has 1 aliphatic rings. The Balaban J connectivity index is 2.23. The number of piperidine rings is 1. The molecule has 2 rings (SSSR count). The number of aryl methyl sites for hydroxylation is 1. The van der Waals surface area contributed by atoms with E-state index in [-0.39, 0.29) is 6.04 Å². The number of nitrogens with zero attached hydrogens (tertiary/aromatic N) is 3. The van der Waals surface area contributed by atoms with Crippen molar-refractivity contribution in [2.75, 3.05) is 6.54 Å². The number of hydrogen-bond donors (Lipinski definition) is 1. The molecule has 0 saturated carbocycles. The van der Waals surface area contributed by atoms with Crippen LogP contribution in [-0.4, -0.2) is 33.3 Å². The zero-order valence-electron chi connectivity index (χ0n) is 11.8. The van der Waals surface area contributed by atoms with Crippen LogP contribution in [0.1, 0.15) is 51.1 Å². The largest absolute Gasteiger partial charge is 0.326 e. The van der Waals surface area contributed by atoms with Crippen LogP contribution in [-0.2, 0) is 7.05 Å². The van der Waals surface area contributed by atoms with Gasteiger partial charge in [0.05, 0.1) is 12.2 Å². The lowest BCUT2D eigenvalue weighted by Crippen LogP contribution is -2.47. The lowest BCUT2D eigenvalue weighted by atomic mass is 9.93. The maximum atomic E-state index is 6.25. The lowest BCUT2D eigenvalue weighted by Gasteiger charge is -2.42. The van der Waals surface area contributed by atoms with Crippen molar-refractivity contribution >= 4 is 0 Å². The molecule has 102 valence electrons.